The summed E-state index contributed by atoms with van der Waals surface area (Å²) in [7, 11) is 0. The highest BCUT2D eigenvalue weighted by molar-refractivity contribution is 5.32. The van der Waals surface area contributed by atoms with Crippen molar-refractivity contribution in [2.24, 2.45) is 0 Å². The molecule has 2 heterocycles. The number of aryl methyl sites for hydroxylation is 1. The summed E-state index contributed by atoms with van der Waals surface area (Å²) in [5.74, 6) is 0.528. The smallest absolute Gasteiger partial charge is 0.257 e. The van der Waals surface area contributed by atoms with Gasteiger partial charge in [-0.1, -0.05) is 0 Å². The maximum absolute atomic E-state index is 9.28. The summed E-state index contributed by atoms with van der Waals surface area (Å²) < 4.78 is 1.41. The second-order valence-corrected chi connectivity index (χ2v) is 2.26. The van der Waals surface area contributed by atoms with Crippen molar-refractivity contribution in [1.29, 1.82) is 0 Å². The lowest BCUT2D eigenvalue weighted by atomic mass is 10.4. The molecule has 0 saturated carbocycles. The number of hydrogen-bond donors (Lipinski definition) is 1. The lowest BCUT2D eigenvalue weighted by molar-refractivity contribution is 0.444. The minimum atomic E-state index is 0.109. The zero-order valence-electron chi connectivity index (χ0n) is 5.89. The SMILES string of the molecule is Cc1cc(O)n2cnnc2n1. The van der Waals surface area contributed by atoms with E-state index in [0.717, 1.165) is 5.69 Å². The normalized spacial score (nSPS) is 10.6. The van der Waals surface area contributed by atoms with Gasteiger partial charge in [0.25, 0.3) is 5.78 Å². The molecule has 0 saturated heterocycles. The van der Waals surface area contributed by atoms with Gasteiger partial charge in [0.1, 0.15) is 6.33 Å². The van der Waals surface area contributed by atoms with Crippen LogP contribution in [-0.2, 0) is 0 Å². The van der Waals surface area contributed by atoms with Crippen LogP contribution in [0.25, 0.3) is 5.78 Å². The molecule has 0 unspecified atom stereocenters. The van der Waals surface area contributed by atoms with Crippen molar-refractivity contribution in [2.75, 3.05) is 0 Å². The van der Waals surface area contributed by atoms with Gasteiger partial charge in [-0.3, -0.25) is 0 Å². The summed E-state index contributed by atoms with van der Waals surface area (Å²) in [6.07, 6.45) is 1.41. The predicted octanol–water partition coefficient (Wildman–Crippen LogP) is 0.138. The standard InChI is InChI=1S/C6H6N4O/c1-4-2-5(11)10-3-7-9-6(10)8-4/h2-3,11H,1H3. The van der Waals surface area contributed by atoms with Crippen molar-refractivity contribution < 1.29 is 5.11 Å². The van der Waals surface area contributed by atoms with Crippen molar-refractivity contribution in [3.63, 3.8) is 0 Å². The van der Waals surface area contributed by atoms with Crippen LogP contribution in [-0.4, -0.2) is 24.7 Å². The lowest BCUT2D eigenvalue weighted by Crippen LogP contribution is -1.90. The Hall–Kier alpha value is -1.65. The second kappa shape index (κ2) is 1.91. The molecule has 2 aromatic heterocycles. The van der Waals surface area contributed by atoms with E-state index in [-0.39, 0.29) is 5.88 Å². The molecule has 0 aromatic carbocycles. The summed E-state index contributed by atoms with van der Waals surface area (Å²) in [5.41, 5.74) is 0.725. The number of aromatic nitrogens is 4. The average Bonchev–Trinajstić information content (AvgIpc) is 2.34. The second-order valence-electron chi connectivity index (χ2n) is 2.26. The van der Waals surface area contributed by atoms with Gasteiger partial charge >= 0.3 is 0 Å². The predicted molar refractivity (Wildman–Crippen MR) is 37.2 cm³/mol. The van der Waals surface area contributed by atoms with E-state index < -0.39 is 0 Å². The van der Waals surface area contributed by atoms with Gasteiger partial charge in [-0.15, -0.1) is 10.2 Å². The Morgan fingerprint density at radius 1 is 1.55 bits per heavy atom. The van der Waals surface area contributed by atoms with Crippen LogP contribution in [0.2, 0.25) is 0 Å². The highest BCUT2D eigenvalue weighted by Crippen LogP contribution is 2.09. The fraction of sp³-hybridized carbons (Fsp3) is 0.167. The molecule has 5 heteroatoms. The fourth-order valence-electron chi connectivity index (χ4n) is 0.913. The van der Waals surface area contributed by atoms with Gasteiger partial charge in [-0.05, 0) is 6.92 Å². The first-order chi connectivity index (χ1) is 5.27. The Morgan fingerprint density at radius 3 is 3.18 bits per heavy atom. The molecule has 0 aliphatic carbocycles. The van der Waals surface area contributed by atoms with Crippen molar-refractivity contribution in [3.05, 3.63) is 18.1 Å². The number of fused-ring (bicyclic) bond motifs is 1. The number of hydrogen-bond acceptors (Lipinski definition) is 4. The molecule has 11 heavy (non-hydrogen) atoms. The van der Waals surface area contributed by atoms with E-state index >= 15 is 0 Å². The van der Waals surface area contributed by atoms with Gasteiger partial charge in [0, 0.05) is 11.8 Å². The molecule has 0 radical (unpaired) electrons. The number of rotatable bonds is 0. The summed E-state index contributed by atoms with van der Waals surface area (Å²) >= 11 is 0. The summed E-state index contributed by atoms with van der Waals surface area (Å²) in [6, 6.07) is 1.55. The van der Waals surface area contributed by atoms with Gasteiger partial charge in [-0.25, -0.2) is 9.38 Å². The van der Waals surface area contributed by atoms with Crippen LogP contribution < -0.4 is 0 Å². The first-order valence-electron chi connectivity index (χ1n) is 3.14. The molecule has 56 valence electrons. The van der Waals surface area contributed by atoms with Crippen LogP contribution in [0, 0.1) is 6.92 Å². The van der Waals surface area contributed by atoms with Gasteiger partial charge in [-0.2, -0.15) is 0 Å². The lowest BCUT2D eigenvalue weighted by Gasteiger charge is -1.96. The topological polar surface area (TPSA) is 63.3 Å². The maximum atomic E-state index is 9.28. The monoisotopic (exact) mass is 150 g/mol. The van der Waals surface area contributed by atoms with Crippen molar-refractivity contribution >= 4 is 5.78 Å². The molecule has 0 atom stereocenters. The first kappa shape index (κ1) is 6.09. The zero-order valence-corrected chi connectivity index (χ0v) is 5.89. The third kappa shape index (κ3) is 0.813. The quantitative estimate of drug-likeness (QED) is 0.580. The maximum Gasteiger partial charge on any atom is 0.257 e. The van der Waals surface area contributed by atoms with Crippen LogP contribution in [0.5, 0.6) is 5.88 Å². The third-order valence-corrected chi connectivity index (χ3v) is 1.39. The van der Waals surface area contributed by atoms with E-state index in [2.05, 4.69) is 15.2 Å². The minimum Gasteiger partial charge on any atom is -0.494 e. The Bertz CT molecular complexity index is 394. The van der Waals surface area contributed by atoms with E-state index in [4.69, 9.17) is 0 Å². The van der Waals surface area contributed by atoms with Crippen LogP contribution in [0.4, 0.5) is 0 Å². The Kier molecular flexibility index (Phi) is 1.06. The molecular weight excluding hydrogens is 144 g/mol. The highest BCUT2D eigenvalue weighted by atomic mass is 16.3. The minimum absolute atomic E-state index is 0.109. The average molecular weight is 150 g/mol. The molecule has 0 spiro atoms. The molecule has 0 aliphatic heterocycles. The summed E-state index contributed by atoms with van der Waals surface area (Å²) in [4.78, 5) is 4.03. The molecule has 2 rings (SSSR count). The molecule has 0 bridgehead atoms. The molecule has 2 aromatic rings. The Balaban J connectivity index is 2.91. The highest BCUT2D eigenvalue weighted by Gasteiger charge is 2.01. The van der Waals surface area contributed by atoms with Gasteiger partial charge in [0.2, 0.25) is 5.88 Å². The van der Waals surface area contributed by atoms with E-state index in [1.807, 2.05) is 0 Å². The van der Waals surface area contributed by atoms with Crippen LogP contribution in [0.15, 0.2) is 12.4 Å². The van der Waals surface area contributed by atoms with E-state index in [0.29, 0.717) is 5.78 Å². The molecule has 0 aliphatic rings. The van der Waals surface area contributed by atoms with E-state index in [1.165, 1.54) is 10.7 Å². The summed E-state index contributed by atoms with van der Waals surface area (Å²) in [6.45, 7) is 1.79. The molecule has 5 nitrogen and oxygen atoms in total. The van der Waals surface area contributed by atoms with Crippen molar-refractivity contribution in [2.45, 2.75) is 6.92 Å². The van der Waals surface area contributed by atoms with E-state index in [1.54, 1.807) is 13.0 Å². The number of nitrogens with zero attached hydrogens (tertiary/aromatic N) is 4. The molecule has 1 N–H and O–H groups in total. The van der Waals surface area contributed by atoms with Crippen LogP contribution >= 0.6 is 0 Å². The summed E-state index contributed by atoms with van der Waals surface area (Å²) in [5, 5.41) is 16.6. The van der Waals surface area contributed by atoms with Crippen LogP contribution in [0.3, 0.4) is 0 Å². The third-order valence-electron chi connectivity index (χ3n) is 1.39. The van der Waals surface area contributed by atoms with Crippen molar-refractivity contribution in [3.8, 4) is 5.88 Å². The molecule has 0 amide bonds. The van der Waals surface area contributed by atoms with Gasteiger partial charge in [0.05, 0.1) is 0 Å². The first-order valence-corrected chi connectivity index (χ1v) is 3.14. The van der Waals surface area contributed by atoms with Crippen molar-refractivity contribution in [1.82, 2.24) is 19.6 Å². The largest absolute Gasteiger partial charge is 0.494 e. The van der Waals surface area contributed by atoms with Gasteiger partial charge in [0.15, 0.2) is 0 Å². The Labute approximate surface area is 62.3 Å². The zero-order chi connectivity index (χ0) is 7.84. The van der Waals surface area contributed by atoms with Gasteiger partial charge < -0.3 is 5.11 Å². The van der Waals surface area contributed by atoms with E-state index in [9.17, 15) is 5.11 Å². The molecular formula is C6H6N4O. The number of aromatic hydroxyl groups is 1. The van der Waals surface area contributed by atoms with Crippen LogP contribution in [0.1, 0.15) is 5.69 Å². The fourth-order valence-corrected chi connectivity index (χ4v) is 0.913. The Morgan fingerprint density at radius 2 is 2.36 bits per heavy atom. The molecule has 0 fully saturated rings.